The number of aromatic amines is 1. The minimum absolute atomic E-state index is 0.0559. The van der Waals surface area contributed by atoms with E-state index in [9.17, 15) is 14.7 Å². The summed E-state index contributed by atoms with van der Waals surface area (Å²) in [5.41, 5.74) is 0.533. The number of benzene rings is 1. The van der Waals surface area contributed by atoms with E-state index in [2.05, 4.69) is 29.1 Å². The fourth-order valence-corrected chi connectivity index (χ4v) is 3.89. The van der Waals surface area contributed by atoms with Crippen LogP contribution in [0.2, 0.25) is 0 Å². The number of hydrogen-bond acceptors (Lipinski definition) is 6. The molecule has 0 unspecified atom stereocenters. The third kappa shape index (κ3) is 6.04. The first kappa shape index (κ1) is 24.6. The molecule has 3 N–H and O–H groups in total. The van der Waals surface area contributed by atoms with Crippen molar-refractivity contribution in [3.8, 4) is 5.75 Å². The van der Waals surface area contributed by atoms with Crippen molar-refractivity contribution in [3.05, 3.63) is 50.7 Å². The molecule has 0 aliphatic heterocycles. The molecule has 3 rings (SSSR count). The maximum Gasteiger partial charge on any atom is 0.329 e. The second-order valence-corrected chi connectivity index (χ2v) is 8.62. The van der Waals surface area contributed by atoms with Crippen LogP contribution in [0.4, 0.5) is 5.95 Å². The van der Waals surface area contributed by atoms with E-state index < -0.39 is 17.4 Å². The average Bonchev–Trinajstić information content (AvgIpc) is 3.15. The summed E-state index contributed by atoms with van der Waals surface area (Å²) in [6.07, 6.45) is 3.53. The van der Waals surface area contributed by atoms with Gasteiger partial charge in [-0.25, -0.2) is 4.79 Å². The van der Waals surface area contributed by atoms with Crippen LogP contribution in [0.5, 0.6) is 5.75 Å². The van der Waals surface area contributed by atoms with Gasteiger partial charge < -0.3 is 19.7 Å². The Kier molecular flexibility index (Phi) is 8.32. The zero-order chi connectivity index (χ0) is 24.0. The van der Waals surface area contributed by atoms with Crippen LogP contribution in [-0.2, 0) is 13.6 Å². The number of H-pyrrole nitrogens is 1. The van der Waals surface area contributed by atoms with Crippen LogP contribution in [0.1, 0.15) is 45.1 Å². The van der Waals surface area contributed by atoms with Crippen molar-refractivity contribution in [3.63, 3.8) is 0 Å². The fourth-order valence-electron chi connectivity index (χ4n) is 3.89. The van der Waals surface area contributed by atoms with Crippen LogP contribution in [0.15, 0.2) is 33.9 Å². The summed E-state index contributed by atoms with van der Waals surface area (Å²) in [4.78, 5) is 31.6. The number of imidazole rings is 1. The summed E-state index contributed by atoms with van der Waals surface area (Å²) in [5.74, 6) is 1.60. The molecule has 0 spiro atoms. The van der Waals surface area contributed by atoms with Gasteiger partial charge in [-0.05, 0) is 37.0 Å². The first-order chi connectivity index (χ1) is 15.8. The molecule has 0 aliphatic carbocycles. The van der Waals surface area contributed by atoms with Gasteiger partial charge in [0.25, 0.3) is 5.56 Å². The molecule has 3 aromatic rings. The van der Waals surface area contributed by atoms with Gasteiger partial charge in [-0.1, -0.05) is 45.2 Å². The Morgan fingerprint density at radius 2 is 2.06 bits per heavy atom. The second-order valence-electron chi connectivity index (χ2n) is 8.62. The van der Waals surface area contributed by atoms with Gasteiger partial charge in [0.1, 0.15) is 18.5 Å². The largest absolute Gasteiger partial charge is 0.491 e. The number of nitrogens with one attached hydrogen (secondary N) is 2. The van der Waals surface area contributed by atoms with Crippen LogP contribution in [0.3, 0.4) is 0 Å². The normalized spacial score (nSPS) is 13.2. The van der Waals surface area contributed by atoms with Crippen molar-refractivity contribution in [2.45, 2.75) is 59.1 Å². The minimum atomic E-state index is -0.887. The number of fused-ring (bicyclic) bond motifs is 1. The number of unbranched alkanes of at least 4 members (excludes halogenated alkanes) is 1. The summed E-state index contributed by atoms with van der Waals surface area (Å²) < 4.78 is 8.69. The van der Waals surface area contributed by atoms with Crippen LogP contribution in [0.25, 0.3) is 11.2 Å². The molecule has 33 heavy (non-hydrogen) atoms. The number of anilines is 1. The molecule has 9 nitrogen and oxygen atoms in total. The summed E-state index contributed by atoms with van der Waals surface area (Å²) >= 11 is 0. The number of aliphatic hydroxyl groups is 1. The van der Waals surface area contributed by atoms with Crippen molar-refractivity contribution in [2.75, 3.05) is 18.5 Å². The lowest BCUT2D eigenvalue weighted by Gasteiger charge is -2.18. The molecule has 180 valence electrons. The monoisotopic (exact) mass is 457 g/mol. The van der Waals surface area contributed by atoms with E-state index in [1.807, 2.05) is 31.2 Å². The van der Waals surface area contributed by atoms with E-state index >= 15 is 0 Å². The first-order valence-electron chi connectivity index (χ1n) is 11.6. The van der Waals surface area contributed by atoms with Gasteiger partial charge >= 0.3 is 5.69 Å². The quantitative estimate of drug-likeness (QED) is 0.385. The number of aryl methyl sites for hydroxylation is 2. The van der Waals surface area contributed by atoms with Gasteiger partial charge in [0, 0.05) is 13.6 Å². The Morgan fingerprint density at radius 1 is 1.27 bits per heavy atom. The molecule has 0 fully saturated rings. The van der Waals surface area contributed by atoms with Crippen LogP contribution in [-0.4, -0.2) is 43.5 Å². The molecule has 9 heteroatoms. The van der Waals surface area contributed by atoms with E-state index in [-0.39, 0.29) is 24.3 Å². The predicted octanol–water partition coefficient (Wildman–Crippen LogP) is 2.80. The molecule has 0 radical (unpaired) electrons. The van der Waals surface area contributed by atoms with E-state index in [4.69, 9.17) is 4.74 Å². The van der Waals surface area contributed by atoms with E-state index in [1.165, 1.54) is 4.57 Å². The fraction of sp³-hybridized carbons (Fsp3) is 0.542. The van der Waals surface area contributed by atoms with E-state index in [0.29, 0.717) is 24.2 Å². The van der Waals surface area contributed by atoms with Crippen molar-refractivity contribution < 1.29 is 9.84 Å². The maximum absolute atomic E-state index is 12.6. The van der Waals surface area contributed by atoms with Gasteiger partial charge in [-0.2, -0.15) is 4.98 Å². The second kappa shape index (κ2) is 11.2. The number of nitrogens with zero attached hydrogens (tertiary/aromatic N) is 3. The predicted molar refractivity (Wildman–Crippen MR) is 130 cm³/mol. The molecular formula is C24H35N5O4. The van der Waals surface area contributed by atoms with E-state index in [0.717, 1.165) is 31.2 Å². The Bertz CT molecular complexity index is 1180. The first-order valence-corrected chi connectivity index (χ1v) is 11.6. The molecule has 0 bridgehead atoms. The topological polar surface area (TPSA) is 114 Å². The summed E-state index contributed by atoms with van der Waals surface area (Å²) in [5, 5.41) is 14.1. The standard InChI is InChI=1S/C24H35N5O4/c1-5-7-10-17(6-2)13-25-23-26-21-20(22(31)27-24(32)28(21)4)29(23)14-18(30)15-33-19-11-8-9-16(3)12-19/h8-9,11-12,17-18,30H,5-7,10,13-15H2,1-4H3,(H,25,26)(H,27,31,32)/t17-,18+/m0/s1. The number of hydrogen-bond donors (Lipinski definition) is 3. The van der Waals surface area contributed by atoms with Crippen LogP contribution in [0, 0.1) is 12.8 Å². The minimum Gasteiger partial charge on any atom is -0.491 e. The molecule has 0 saturated carbocycles. The Hall–Kier alpha value is -3.07. The Morgan fingerprint density at radius 3 is 2.76 bits per heavy atom. The summed E-state index contributed by atoms with van der Waals surface area (Å²) in [6, 6.07) is 7.60. The highest BCUT2D eigenvalue weighted by molar-refractivity contribution is 5.74. The average molecular weight is 458 g/mol. The smallest absolute Gasteiger partial charge is 0.329 e. The Balaban J connectivity index is 1.85. The Labute approximate surface area is 193 Å². The molecule has 2 atom stereocenters. The number of aliphatic hydroxyl groups excluding tert-OH is 1. The lowest BCUT2D eigenvalue weighted by molar-refractivity contribution is 0.0938. The molecular weight excluding hydrogens is 422 g/mol. The highest BCUT2D eigenvalue weighted by Crippen LogP contribution is 2.19. The molecule has 0 amide bonds. The van der Waals surface area contributed by atoms with Crippen molar-refractivity contribution >= 4 is 17.1 Å². The molecule has 2 aromatic heterocycles. The van der Waals surface area contributed by atoms with Crippen LogP contribution < -0.4 is 21.3 Å². The molecule has 0 saturated heterocycles. The third-order valence-corrected chi connectivity index (χ3v) is 5.92. The highest BCUT2D eigenvalue weighted by Gasteiger charge is 2.20. The zero-order valence-corrected chi connectivity index (χ0v) is 19.9. The number of rotatable bonds is 12. The van der Waals surface area contributed by atoms with Crippen molar-refractivity contribution in [2.24, 2.45) is 13.0 Å². The number of ether oxygens (including phenoxy) is 1. The van der Waals surface area contributed by atoms with Crippen LogP contribution >= 0.6 is 0 Å². The third-order valence-electron chi connectivity index (χ3n) is 5.92. The SMILES string of the molecule is CCCC[C@H](CC)CNc1nc2c(c(=O)[nH]c(=O)n2C)n1C[C@@H](O)COc1cccc(C)c1. The lowest BCUT2D eigenvalue weighted by Crippen LogP contribution is -2.31. The van der Waals surface area contributed by atoms with Gasteiger partial charge in [0.15, 0.2) is 11.2 Å². The molecule has 2 heterocycles. The van der Waals surface area contributed by atoms with Gasteiger partial charge in [-0.3, -0.25) is 14.3 Å². The van der Waals surface area contributed by atoms with E-state index in [1.54, 1.807) is 11.6 Å². The summed E-state index contributed by atoms with van der Waals surface area (Å²) in [7, 11) is 1.56. The van der Waals surface area contributed by atoms with Gasteiger partial charge in [0.05, 0.1) is 6.54 Å². The van der Waals surface area contributed by atoms with Gasteiger partial charge in [0.2, 0.25) is 5.95 Å². The van der Waals surface area contributed by atoms with Crippen molar-refractivity contribution in [1.82, 2.24) is 19.1 Å². The summed E-state index contributed by atoms with van der Waals surface area (Å²) in [6.45, 7) is 7.15. The molecule has 0 aliphatic rings. The zero-order valence-electron chi connectivity index (χ0n) is 19.9. The number of aromatic nitrogens is 4. The van der Waals surface area contributed by atoms with Gasteiger partial charge in [-0.15, -0.1) is 0 Å². The maximum atomic E-state index is 12.6. The lowest BCUT2D eigenvalue weighted by atomic mass is 9.99. The highest BCUT2D eigenvalue weighted by atomic mass is 16.5. The molecule has 1 aromatic carbocycles. The van der Waals surface area contributed by atoms with Crippen molar-refractivity contribution in [1.29, 1.82) is 0 Å².